The average molecular weight is 306 g/mol. The molecule has 0 fully saturated rings. The van der Waals surface area contributed by atoms with Crippen molar-refractivity contribution >= 4 is 5.78 Å². The van der Waals surface area contributed by atoms with Crippen LogP contribution in [0.4, 0.5) is 4.39 Å². The molecule has 0 spiro atoms. The summed E-state index contributed by atoms with van der Waals surface area (Å²) in [4.78, 5) is 12.5. The third-order valence-electron chi connectivity index (χ3n) is 4.17. The van der Waals surface area contributed by atoms with Crippen molar-refractivity contribution in [3.8, 4) is 16.9 Å². The predicted octanol–water partition coefficient (Wildman–Crippen LogP) is 4.20. The third-order valence-corrected chi connectivity index (χ3v) is 4.17. The second kappa shape index (κ2) is 5.47. The molecule has 0 saturated carbocycles. The van der Waals surface area contributed by atoms with E-state index in [1.165, 1.54) is 12.1 Å². The number of hydrogen-bond donors (Lipinski definition) is 0. The van der Waals surface area contributed by atoms with E-state index in [2.05, 4.69) is 5.10 Å². The number of aryl methyl sites for hydroxylation is 1. The number of carbonyl (C=O) groups is 1. The summed E-state index contributed by atoms with van der Waals surface area (Å²) in [7, 11) is 0. The lowest BCUT2D eigenvalue weighted by Crippen LogP contribution is -2.10. The van der Waals surface area contributed by atoms with Crippen LogP contribution < -0.4 is 0 Å². The van der Waals surface area contributed by atoms with Gasteiger partial charge in [0.1, 0.15) is 5.82 Å². The number of nitrogens with zero attached hydrogens (tertiary/aromatic N) is 2. The largest absolute Gasteiger partial charge is 0.294 e. The second-order valence-electron chi connectivity index (χ2n) is 5.70. The van der Waals surface area contributed by atoms with Crippen LogP contribution in [0.25, 0.3) is 16.9 Å². The summed E-state index contributed by atoms with van der Waals surface area (Å²) in [5, 5.41) is 4.67. The number of benzene rings is 2. The lowest BCUT2D eigenvalue weighted by atomic mass is 9.92. The first kappa shape index (κ1) is 13.9. The van der Waals surface area contributed by atoms with Gasteiger partial charge in [0.15, 0.2) is 5.78 Å². The van der Waals surface area contributed by atoms with E-state index in [4.69, 9.17) is 0 Å². The Morgan fingerprint density at radius 3 is 2.43 bits per heavy atom. The molecule has 2 aromatic carbocycles. The van der Waals surface area contributed by atoms with E-state index in [1.54, 1.807) is 16.8 Å². The number of halogens is 1. The molecule has 1 aromatic heterocycles. The molecule has 0 radical (unpaired) electrons. The van der Waals surface area contributed by atoms with Crippen LogP contribution >= 0.6 is 0 Å². The van der Waals surface area contributed by atoms with Crippen LogP contribution in [0.3, 0.4) is 0 Å². The van der Waals surface area contributed by atoms with Crippen molar-refractivity contribution in [2.45, 2.75) is 19.3 Å². The molecule has 0 saturated heterocycles. The van der Waals surface area contributed by atoms with Gasteiger partial charge in [-0.1, -0.05) is 18.2 Å². The summed E-state index contributed by atoms with van der Waals surface area (Å²) >= 11 is 0. The van der Waals surface area contributed by atoms with E-state index >= 15 is 0 Å². The van der Waals surface area contributed by atoms with E-state index < -0.39 is 0 Å². The quantitative estimate of drug-likeness (QED) is 0.711. The molecule has 1 aliphatic carbocycles. The first-order valence-electron chi connectivity index (χ1n) is 7.70. The number of carbonyl (C=O) groups excluding carboxylic acids is 1. The Morgan fingerprint density at radius 2 is 1.70 bits per heavy atom. The molecule has 0 bridgehead atoms. The van der Waals surface area contributed by atoms with Gasteiger partial charge in [-0.05, 0) is 49.2 Å². The molecule has 1 aliphatic rings. The highest BCUT2D eigenvalue weighted by Gasteiger charge is 2.28. The number of fused-ring (bicyclic) bond motifs is 1. The van der Waals surface area contributed by atoms with Gasteiger partial charge in [0.25, 0.3) is 0 Å². The Balaban J connectivity index is 1.99. The smallest absolute Gasteiger partial charge is 0.166 e. The molecule has 0 unspecified atom stereocenters. The molecular formula is C19H15FN2O. The third kappa shape index (κ3) is 2.36. The van der Waals surface area contributed by atoms with E-state index in [-0.39, 0.29) is 11.6 Å². The number of rotatable bonds is 2. The van der Waals surface area contributed by atoms with Gasteiger partial charge in [0.2, 0.25) is 0 Å². The van der Waals surface area contributed by atoms with E-state index in [0.717, 1.165) is 35.5 Å². The summed E-state index contributed by atoms with van der Waals surface area (Å²) in [6.45, 7) is 0. The zero-order valence-electron chi connectivity index (χ0n) is 12.5. The zero-order valence-corrected chi connectivity index (χ0v) is 12.5. The lowest BCUT2D eigenvalue weighted by Gasteiger charge is -2.11. The van der Waals surface area contributed by atoms with E-state index in [9.17, 15) is 9.18 Å². The first-order valence-corrected chi connectivity index (χ1v) is 7.70. The predicted molar refractivity (Wildman–Crippen MR) is 86.2 cm³/mol. The van der Waals surface area contributed by atoms with Crippen molar-refractivity contribution < 1.29 is 9.18 Å². The molecule has 1 heterocycles. The van der Waals surface area contributed by atoms with Crippen LogP contribution in [-0.4, -0.2) is 15.6 Å². The number of aromatic nitrogens is 2. The molecule has 3 nitrogen and oxygen atoms in total. The molecule has 114 valence electrons. The minimum Gasteiger partial charge on any atom is -0.294 e. The highest BCUT2D eigenvalue weighted by molar-refractivity contribution is 6.03. The van der Waals surface area contributed by atoms with Crippen molar-refractivity contribution in [2.24, 2.45) is 0 Å². The fourth-order valence-electron chi connectivity index (χ4n) is 3.10. The molecule has 0 amide bonds. The minimum absolute atomic E-state index is 0.118. The van der Waals surface area contributed by atoms with Gasteiger partial charge in [0, 0.05) is 12.0 Å². The van der Waals surface area contributed by atoms with Gasteiger partial charge in [-0.25, -0.2) is 9.07 Å². The maximum absolute atomic E-state index is 13.3. The Labute approximate surface area is 133 Å². The standard InChI is InChI=1S/C19H15FN2O/c20-14-11-9-13(10-12-14)19-18-16(7-4-8-17(18)23)21-22(19)15-5-2-1-3-6-15/h1-3,5-6,9-12H,4,7-8H2. The van der Waals surface area contributed by atoms with Crippen molar-refractivity contribution in [1.29, 1.82) is 0 Å². The van der Waals surface area contributed by atoms with Gasteiger partial charge >= 0.3 is 0 Å². The molecule has 4 heteroatoms. The van der Waals surface area contributed by atoms with Crippen LogP contribution in [0.1, 0.15) is 28.9 Å². The summed E-state index contributed by atoms with van der Waals surface area (Å²) in [5.41, 5.74) is 3.99. The number of Topliss-reactive ketones (excluding diaryl/α,β-unsaturated/α-hetero) is 1. The second-order valence-corrected chi connectivity index (χ2v) is 5.70. The van der Waals surface area contributed by atoms with Crippen LogP contribution in [0.15, 0.2) is 54.6 Å². The zero-order chi connectivity index (χ0) is 15.8. The van der Waals surface area contributed by atoms with Crippen LogP contribution in [0, 0.1) is 5.82 Å². The van der Waals surface area contributed by atoms with Gasteiger partial charge in [0.05, 0.1) is 22.6 Å². The molecule has 0 atom stereocenters. The Bertz CT molecular complexity index is 866. The molecule has 0 N–H and O–H groups in total. The van der Waals surface area contributed by atoms with Gasteiger partial charge < -0.3 is 0 Å². The topological polar surface area (TPSA) is 34.9 Å². The summed E-state index contributed by atoms with van der Waals surface area (Å²) in [6.07, 6.45) is 2.18. The molecular weight excluding hydrogens is 291 g/mol. The van der Waals surface area contributed by atoms with Crippen LogP contribution in [0.5, 0.6) is 0 Å². The summed E-state index contributed by atoms with van der Waals surface area (Å²) in [5.74, 6) is -0.174. The average Bonchev–Trinajstić information content (AvgIpc) is 2.97. The fourth-order valence-corrected chi connectivity index (χ4v) is 3.10. The highest BCUT2D eigenvalue weighted by atomic mass is 19.1. The number of hydrogen-bond acceptors (Lipinski definition) is 2. The van der Waals surface area contributed by atoms with Crippen molar-refractivity contribution in [2.75, 3.05) is 0 Å². The summed E-state index contributed by atoms with van der Waals surface area (Å²) in [6, 6.07) is 16.0. The van der Waals surface area contributed by atoms with Gasteiger partial charge in [-0.3, -0.25) is 4.79 Å². The van der Waals surface area contributed by atoms with Gasteiger partial charge in [-0.15, -0.1) is 0 Å². The number of ketones is 1. The molecule has 3 aromatic rings. The highest BCUT2D eigenvalue weighted by Crippen LogP contribution is 2.33. The van der Waals surface area contributed by atoms with Gasteiger partial charge in [-0.2, -0.15) is 5.10 Å². The lowest BCUT2D eigenvalue weighted by molar-refractivity contribution is 0.0973. The summed E-state index contributed by atoms with van der Waals surface area (Å²) < 4.78 is 15.1. The Kier molecular flexibility index (Phi) is 3.30. The van der Waals surface area contributed by atoms with Crippen molar-refractivity contribution in [3.63, 3.8) is 0 Å². The molecule has 0 aliphatic heterocycles. The normalized spacial score (nSPS) is 13.9. The van der Waals surface area contributed by atoms with E-state index in [1.807, 2.05) is 30.3 Å². The van der Waals surface area contributed by atoms with Crippen LogP contribution in [0.2, 0.25) is 0 Å². The maximum Gasteiger partial charge on any atom is 0.166 e. The van der Waals surface area contributed by atoms with Crippen molar-refractivity contribution in [1.82, 2.24) is 9.78 Å². The fraction of sp³-hybridized carbons (Fsp3) is 0.158. The maximum atomic E-state index is 13.3. The Morgan fingerprint density at radius 1 is 0.957 bits per heavy atom. The monoisotopic (exact) mass is 306 g/mol. The minimum atomic E-state index is -0.292. The number of para-hydroxylation sites is 1. The molecule has 4 rings (SSSR count). The SMILES string of the molecule is O=C1CCCc2nn(-c3ccccc3)c(-c3ccc(F)cc3)c21. The van der Waals surface area contributed by atoms with E-state index in [0.29, 0.717) is 12.0 Å². The molecule has 23 heavy (non-hydrogen) atoms. The van der Waals surface area contributed by atoms with Crippen LogP contribution in [-0.2, 0) is 6.42 Å². The Hall–Kier alpha value is -2.75. The van der Waals surface area contributed by atoms with Crippen molar-refractivity contribution in [3.05, 3.63) is 71.7 Å². The first-order chi connectivity index (χ1) is 11.2.